The minimum absolute atomic E-state index is 0.0147. The Balaban J connectivity index is 1.59. The van der Waals surface area contributed by atoms with Gasteiger partial charge in [-0.15, -0.1) is 0 Å². The lowest BCUT2D eigenvalue weighted by Crippen LogP contribution is -2.50. The second-order valence-corrected chi connectivity index (χ2v) is 9.79. The Morgan fingerprint density at radius 3 is 2.43 bits per heavy atom. The monoisotopic (exact) mass is 492 g/mol. The molecule has 4 rings (SSSR count). The first-order valence-corrected chi connectivity index (χ1v) is 12.1. The van der Waals surface area contributed by atoms with Crippen LogP contribution >= 0.6 is 0 Å². The molecule has 0 aliphatic carbocycles. The van der Waals surface area contributed by atoms with Gasteiger partial charge >= 0.3 is 6.18 Å². The predicted octanol–water partition coefficient (Wildman–Crippen LogP) is 3.28. The molecule has 3 fully saturated rings. The van der Waals surface area contributed by atoms with Crippen LogP contribution in [0, 0.1) is 22.7 Å². The summed E-state index contributed by atoms with van der Waals surface area (Å²) in [6.07, 6.45) is -1.18. The molecule has 2 amide bonds. The Labute approximate surface area is 203 Å². The van der Waals surface area contributed by atoms with Crippen LogP contribution in [0.15, 0.2) is 18.2 Å². The van der Waals surface area contributed by atoms with Gasteiger partial charge in [0.1, 0.15) is 0 Å². The lowest BCUT2D eigenvalue weighted by molar-refractivity contribution is -0.140. The van der Waals surface area contributed by atoms with Crippen molar-refractivity contribution >= 4 is 17.5 Å². The molecule has 0 N–H and O–H groups in total. The van der Waals surface area contributed by atoms with E-state index in [0.717, 1.165) is 18.9 Å². The van der Waals surface area contributed by atoms with Crippen LogP contribution in [-0.4, -0.2) is 74.6 Å². The molecule has 0 radical (unpaired) electrons. The molecule has 1 atom stereocenters. The van der Waals surface area contributed by atoms with E-state index in [9.17, 15) is 22.8 Å². The minimum Gasteiger partial charge on any atom is -0.384 e. The molecule has 1 unspecified atom stereocenters. The van der Waals surface area contributed by atoms with Gasteiger partial charge in [0.05, 0.1) is 36.1 Å². The van der Waals surface area contributed by atoms with Gasteiger partial charge in [-0.3, -0.25) is 9.59 Å². The molecule has 1 aromatic rings. The summed E-state index contributed by atoms with van der Waals surface area (Å²) in [5, 5.41) is 9.14. The molecule has 190 valence electrons. The fraction of sp³-hybridized carbons (Fsp3) is 0.640. The number of ether oxygens (including phenoxy) is 1. The van der Waals surface area contributed by atoms with Crippen LogP contribution in [0.25, 0.3) is 0 Å². The number of alkyl halides is 3. The Morgan fingerprint density at radius 1 is 1.14 bits per heavy atom. The third-order valence-electron chi connectivity index (χ3n) is 7.79. The summed E-state index contributed by atoms with van der Waals surface area (Å²) < 4.78 is 45.8. The van der Waals surface area contributed by atoms with E-state index >= 15 is 0 Å². The first-order chi connectivity index (χ1) is 16.7. The lowest BCUT2D eigenvalue weighted by atomic mass is 9.70. The fourth-order valence-corrected chi connectivity index (χ4v) is 5.78. The van der Waals surface area contributed by atoms with Crippen molar-refractivity contribution in [3.63, 3.8) is 0 Å². The molecule has 3 aliphatic rings. The van der Waals surface area contributed by atoms with E-state index in [4.69, 9.17) is 10.00 Å². The summed E-state index contributed by atoms with van der Waals surface area (Å²) >= 11 is 0. The van der Waals surface area contributed by atoms with Crippen molar-refractivity contribution in [2.75, 3.05) is 57.9 Å². The van der Waals surface area contributed by atoms with Crippen LogP contribution in [0.2, 0.25) is 0 Å². The van der Waals surface area contributed by atoms with Crippen molar-refractivity contribution in [2.45, 2.75) is 38.3 Å². The first kappa shape index (κ1) is 25.3. The van der Waals surface area contributed by atoms with Gasteiger partial charge in [-0.1, -0.05) is 0 Å². The molecule has 3 saturated heterocycles. The van der Waals surface area contributed by atoms with E-state index in [1.54, 1.807) is 18.1 Å². The van der Waals surface area contributed by atoms with Crippen LogP contribution in [0.1, 0.15) is 43.2 Å². The highest BCUT2D eigenvalue weighted by Crippen LogP contribution is 2.48. The maximum atomic E-state index is 13.6. The third-order valence-corrected chi connectivity index (χ3v) is 7.79. The number of hydrogen-bond donors (Lipinski definition) is 0. The number of likely N-dealkylation sites (tertiary alicyclic amines) is 2. The van der Waals surface area contributed by atoms with Gasteiger partial charge in [0.15, 0.2) is 0 Å². The van der Waals surface area contributed by atoms with Gasteiger partial charge in [-0.2, -0.15) is 18.4 Å². The number of rotatable bonds is 5. The third kappa shape index (κ3) is 5.10. The quantitative estimate of drug-likeness (QED) is 0.631. The number of nitriles is 1. The number of carbonyl (C=O) groups excluding carboxylic acids is 2. The van der Waals surface area contributed by atoms with Gasteiger partial charge in [0, 0.05) is 57.5 Å². The van der Waals surface area contributed by atoms with E-state index in [0.29, 0.717) is 70.8 Å². The number of anilines is 1. The number of piperidine rings is 1. The second-order valence-electron chi connectivity index (χ2n) is 9.79. The second kappa shape index (κ2) is 10.1. The Kier molecular flexibility index (Phi) is 7.27. The van der Waals surface area contributed by atoms with Crippen LogP contribution in [-0.2, 0) is 20.5 Å². The molecular weight excluding hydrogens is 461 g/mol. The van der Waals surface area contributed by atoms with Crippen molar-refractivity contribution < 1.29 is 27.5 Å². The molecule has 35 heavy (non-hydrogen) atoms. The van der Waals surface area contributed by atoms with E-state index in [1.807, 2.05) is 9.80 Å². The molecule has 0 aromatic heterocycles. The summed E-state index contributed by atoms with van der Waals surface area (Å²) in [6.45, 7) is 3.58. The van der Waals surface area contributed by atoms with E-state index in [2.05, 4.69) is 0 Å². The van der Waals surface area contributed by atoms with Crippen molar-refractivity contribution in [3.05, 3.63) is 29.3 Å². The number of carbonyl (C=O) groups is 2. The standard InChI is InChI=1S/C25H31F3N4O3/c1-35-13-6-22(33)30-11-7-24(8-12-30)17-32(16-21(24)23(34)31-9-2-3-10-31)19-5-4-18(15-29)20(14-19)25(26,27)28/h4-5,14,21H,2-3,6-13,16-17H2,1H3. The van der Waals surface area contributed by atoms with Crippen LogP contribution in [0.4, 0.5) is 18.9 Å². The zero-order chi connectivity index (χ0) is 25.2. The van der Waals surface area contributed by atoms with E-state index in [-0.39, 0.29) is 17.7 Å². The van der Waals surface area contributed by atoms with Crippen molar-refractivity contribution in [1.29, 1.82) is 5.26 Å². The number of halogens is 3. The number of amides is 2. The normalized spacial score (nSPS) is 22.0. The number of nitrogens with zero attached hydrogens (tertiary/aromatic N) is 4. The average molecular weight is 493 g/mol. The SMILES string of the molecule is COCCC(=O)N1CCC2(CC1)CN(c1ccc(C#N)c(C(F)(F)F)c1)CC2C(=O)N1CCCC1. The molecule has 3 heterocycles. The molecule has 7 nitrogen and oxygen atoms in total. The number of hydrogen-bond acceptors (Lipinski definition) is 5. The smallest absolute Gasteiger partial charge is 0.384 e. The molecule has 1 spiro atoms. The minimum atomic E-state index is -4.64. The summed E-state index contributed by atoms with van der Waals surface area (Å²) in [6, 6.07) is 5.39. The van der Waals surface area contributed by atoms with Crippen molar-refractivity contribution in [1.82, 2.24) is 9.80 Å². The molecule has 1 aromatic carbocycles. The van der Waals surface area contributed by atoms with Crippen LogP contribution in [0.3, 0.4) is 0 Å². The predicted molar refractivity (Wildman–Crippen MR) is 122 cm³/mol. The molecule has 3 aliphatic heterocycles. The number of methoxy groups -OCH3 is 1. The summed E-state index contributed by atoms with van der Waals surface area (Å²) in [5.41, 5.74) is -1.42. The van der Waals surface area contributed by atoms with Crippen LogP contribution < -0.4 is 4.90 Å². The Morgan fingerprint density at radius 2 is 1.83 bits per heavy atom. The average Bonchev–Trinajstić information content (AvgIpc) is 3.51. The largest absolute Gasteiger partial charge is 0.417 e. The highest BCUT2D eigenvalue weighted by molar-refractivity contribution is 5.82. The molecule has 10 heteroatoms. The molecule has 0 bridgehead atoms. The van der Waals surface area contributed by atoms with Gasteiger partial charge in [-0.05, 0) is 43.9 Å². The molecule has 0 saturated carbocycles. The molecular formula is C25H31F3N4O3. The number of benzene rings is 1. The summed E-state index contributed by atoms with van der Waals surface area (Å²) in [7, 11) is 1.55. The zero-order valence-electron chi connectivity index (χ0n) is 19.9. The highest BCUT2D eigenvalue weighted by Gasteiger charge is 2.53. The first-order valence-electron chi connectivity index (χ1n) is 12.1. The van der Waals surface area contributed by atoms with Gasteiger partial charge < -0.3 is 19.4 Å². The van der Waals surface area contributed by atoms with E-state index < -0.39 is 22.7 Å². The van der Waals surface area contributed by atoms with E-state index in [1.165, 1.54) is 12.1 Å². The zero-order valence-corrected chi connectivity index (χ0v) is 19.9. The van der Waals surface area contributed by atoms with Crippen molar-refractivity contribution in [2.24, 2.45) is 11.3 Å². The Bertz CT molecular complexity index is 993. The summed E-state index contributed by atoms with van der Waals surface area (Å²) in [5.74, 6) is -0.267. The highest BCUT2D eigenvalue weighted by atomic mass is 19.4. The lowest BCUT2D eigenvalue weighted by Gasteiger charge is -2.42. The maximum absolute atomic E-state index is 13.6. The summed E-state index contributed by atoms with van der Waals surface area (Å²) in [4.78, 5) is 31.6. The topological polar surface area (TPSA) is 76.9 Å². The van der Waals surface area contributed by atoms with Gasteiger partial charge in [-0.25, -0.2) is 0 Å². The van der Waals surface area contributed by atoms with Gasteiger partial charge in [0.2, 0.25) is 11.8 Å². The van der Waals surface area contributed by atoms with Crippen molar-refractivity contribution in [3.8, 4) is 6.07 Å². The maximum Gasteiger partial charge on any atom is 0.417 e. The Hall–Kier alpha value is -2.80. The fourth-order valence-electron chi connectivity index (χ4n) is 5.78. The van der Waals surface area contributed by atoms with Gasteiger partial charge in [0.25, 0.3) is 0 Å². The van der Waals surface area contributed by atoms with Crippen LogP contribution in [0.5, 0.6) is 0 Å².